The number of benzene rings is 2. The lowest BCUT2D eigenvalue weighted by atomic mass is 10.0. The molecule has 0 bridgehead atoms. The van der Waals surface area contributed by atoms with Crippen LogP contribution in [0, 0.1) is 0 Å². The van der Waals surface area contributed by atoms with Crippen molar-refractivity contribution >= 4 is 39.1 Å². The summed E-state index contributed by atoms with van der Waals surface area (Å²) in [4.78, 5) is 0.177. The molecule has 0 amide bonds. The van der Waals surface area contributed by atoms with Gasteiger partial charge in [0.15, 0.2) is 0 Å². The highest BCUT2D eigenvalue weighted by molar-refractivity contribution is 9.09. The first-order valence-electron chi connectivity index (χ1n) is 5.30. The number of rotatable bonds is 3. The molecule has 2 rings (SSSR count). The minimum Gasteiger partial charge on any atom is -0.0835 e. The van der Waals surface area contributed by atoms with Gasteiger partial charge in [-0.05, 0) is 23.6 Å². The molecule has 2 aromatic carbocycles. The van der Waals surface area contributed by atoms with E-state index in [1.807, 2.05) is 30.3 Å². The minimum atomic E-state index is 0.177. The molecule has 0 heterocycles. The highest BCUT2D eigenvalue weighted by Gasteiger charge is 2.13. The average molecular weight is 330 g/mol. The summed E-state index contributed by atoms with van der Waals surface area (Å²) in [5.41, 5.74) is 2.30. The molecule has 0 spiro atoms. The molecule has 0 aliphatic rings. The van der Waals surface area contributed by atoms with Crippen LogP contribution >= 0.6 is 39.1 Å². The highest BCUT2D eigenvalue weighted by atomic mass is 79.9. The van der Waals surface area contributed by atoms with Gasteiger partial charge in [-0.15, -0.1) is 0 Å². The summed E-state index contributed by atoms with van der Waals surface area (Å²) in [6.45, 7) is 0. The molecule has 88 valence electrons. The summed E-state index contributed by atoms with van der Waals surface area (Å²) in [6.07, 6.45) is 0.890. The second-order valence-electron chi connectivity index (χ2n) is 3.80. The molecule has 0 aliphatic heterocycles. The Balaban J connectivity index is 2.20. The normalized spacial score (nSPS) is 12.4. The van der Waals surface area contributed by atoms with Crippen molar-refractivity contribution in [1.82, 2.24) is 0 Å². The molecular weight excluding hydrogens is 319 g/mol. The molecule has 0 N–H and O–H groups in total. The summed E-state index contributed by atoms with van der Waals surface area (Å²) in [5, 5.41) is 1.23. The molecule has 0 fully saturated rings. The van der Waals surface area contributed by atoms with Crippen LogP contribution in [0.5, 0.6) is 0 Å². The van der Waals surface area contributed by atoms with E-state index in [0.717, 1.165) is 12.0 Å². The Morgan fingerprint density at radius 2 is 1.65 bits per heavy atom. The number of hydrogen-bond donors (Lipinski definition) is 0. The summed E-state index contributed by atoms with van der Waals surface area (Å²) < 4.78 is 0. The van der Waals surface area contributed by atoms with Gasteiger partial charge in [0.2, 0.25) is 0 Å². The lowest BCUT2D eigenvalue weighted by molar-refractivity contribution is 0.949. The van der Waals surface area contributed by atoms with Crippen molar-refractivity contribution in [3.05, 3.63) is 69.7 Å². The van der Waals surface area contributed by atoms with Gasteiger partial charge in [0.05, 0.1) is 10.0 Å². The van der Waals surface area contributed by atoms with Crippen LogP contribution in [0.3, 0.4) is 0 Å². The van der Waals surface area contributed by atoms with Gasteiger partial charge in [-0.3, -0.25) is 0 Å². The van der Waals surface area contributed by atoms with Crippen LogP contribution in [0.15, 0.2) is 48.5 Å². The molecule has 0 aliphatic carbocycles. The Hall–Kier alpha value is -0.500. The maximum absolute atomic E-state index is 6.19. The fourth-order valence-corrected chi connectivity index (χ4v) is 3.02. The standard InChI is InChI=1S/C14H11BrCl2/c15-12(9-10-5-2-1-3-6-10)11-7-4-8-13(16)14(11)17/h1-8,12H,9H2. The molecule has 1 unspecified atom stereocenters. The van der Waals surface area contributed by atoms with Crippen molar-refractivity contribution in [2.75, 3.05) is 0 Å². The van der Waals surface area contributed by atoms with E-state index in [2.05, 4.69) is 28.1 Å². The van der Waals surface area contributed by atoms with Crippen LogP contribution in [-0.4, -0.2) is 0 Å². The second-order valence-corrected chi connectivity index (χ2v) is 5.69. The molecule has 17 heavy (non-hydrogen) atoms. The van der Waals surface area contributed by atoms with Crippen LogP contribution in [0.1, 0.15) is 16.0 Å². The van der Waals surface area contributed by atoms with Crippen molar-refractivity contribution in [2.24, 2.45) is 0 Å². The van der Waals surface area contributed by atoms with Crippen LogP contribution in [0.25, 0.3) is 0 Å². The Morgan fingerprint density at radius 1 is 0.941 bits per heavy atom. The number of halogens is 3. The highest BCUT2D eigenvalue weighted by Crippen LogP contribution is 2.35. The van der Waals surface area contributed by atoms with Crippen molar-refractivity contribution in [3.63, 3.8) is 0 Å². The quantitative estimate of drug-likeness (QED) is 0.636. The molecular formula is C14H11BrCl2. The molecule has 0 saturated heterocycles. The first kappa shape index (κ1) is 12.9. The van der Waals surface area contributed by atoms with E-state index < -0.39 is 0 Å². The van der Waals surface area contributed by atoms with Gasteiger partial charge < -0.3 is 0 Å². The second kappa shape index (κ2) is 5.90. The summed E-state index contributed by atoms with van der Waals surface area (Å²) in [5.74, 6) is 0. The number of hydrogen-bond acceptors (Lipinski definition) is 0. The zero-order valence-electron chi connectivity index (χ0n) is 9.04. The van der Waals surface area contributed by atoms with Gasteiger partial charge in [0, 0.05) is 4.83 Å². The Morgan fingerprint density at radius 3 is 2.35 bits per heavy atom. The van der Waals surface area contributed by atoms with E-state index in [-0.39, 0.29) is 4.83 Å². The van der Waals surface area contributed by atoms with Crippen molar-refractivity contribution in [2.45, 2.75) is 11.2 Å². The third-order valence-electron chi connectivity index (χ3n) is 2.58. The fourth-order valence-electron chi connectivity index (χ4n) is 1.69. The molecule has 0 saturated carbocycles. The molecule has 3 heteroatoms. The van der Waals surface area contributed by atoms with Gasteiger partial charge in [0.25, 0.3) is 0 Å². The van der Waals surface area contributed by atoms with Crippen molar-refractivity contribution in [3.8, 4) is 0 Å². The first-order chi connectivity index (χ1) is 8.18. The summed E-state index contributed by atoms with van der Waals surface area (Å²) >= 11 is 15.9. The van der Waals surface area contributed by atoms with Gasteiger partial charge in [-0.2, -0.15) is 0 Å². The van der Waals surface area contributed by atoms with E-state index in [1.54, 1.807) is 6.07 Å². The predicted octanol–water partition coefficient (Wildman–Crippen LogP) is 5.67. The van der Waals surface area contributed by atoms with E-state index in [9.17, 15) is 0 Å². The van der Waals surface area contributed by atoms with Crippen LogP contribution in [0.2, 0.25) is 10.0 Å². The topological polar surface area (TPSA) is 0 Å². The Kier molecular flexibility index (Phi) is 4.49. The van der Waals surface area contributed by atoms with Crippen LogP contribution < -0.4 is 0 Å². The largest absolute Gasteiger partial charge is 0.0835 e. The third kappa shape index (κ3) is 3.25. The summed E-state index contributed by atoms with van der Waals surface area (Å²) in [7, 11) is 0. The van der Waals surface area contributed by atoms with E-state index in [1.165, 1.54) is 5.56 Å². The molecule has 0 aromatic heterocycles. The zero-order valence-corrected chi connectivity index (χ0v) is 12.1. The van der Waals surface area contributed by atoms with Gasteiger partial charge in [-0.25, -0.2) is 0 Å². The molecule has 1 atom stereocenters. The van der Waals surface area contributed by atoms with E-state index in [0.29, 0.717) is 10.0 Å². The Labute approximate surface area is 120 Å². The first-order valence-corrected chi connectivity index (χ1v) is 6.97. The summed E-state index contributed by atoms with van der Waals surface area (Å²) in [6, 6.07) is 16.0. The van der Waals surface area contributed by atoms with E-state index in [4.69, 9.17) is 23.2 Å². The monoisotopic (exact) mass is 328 g/mol. The maximum Gasteiger partial charge on any atom is 0.0635 e. The molecule has 0 nitrogen and oxygen atoms in total. The van der Waals surface area contributed by atoms with E-state index >= 15 is 0 Å². The number of alkyl halides is 1. The zero-order chi connectivity index (χ0) is 12.3. The predicted molar refractivity (Wildman–Crippen MR) is 78.3 cm³/mol. The fraction of sp³-hybridized carbons (Fsp3) is 0.143. The van der Waals surface area contributed by atoms with Gasteiger partial charge in [-0.1, -0.05) is 81.6 Å². The minimum absolute atomic E-state index is 0.177. The SMILES string of the molecule is Clc1cccc(C(Br)Cc2ccccc2)c1Cl. The third-order valence-corrected chi connectivity index (χ3v) is 4.23. The van der Waals surface area contributed by atoms with Gasteiger partial charge in [0.1, 0.15) is 0 Å². The molecule has 2 aromatic rings. The van der Waals surface area contributed by atoms with Crippen LogP contribution in [-0.2, 0) is 6.42 Å². The lowest BCUT2D eigenvalue weighted by Crippen LogP contribution is -1.96. The lowest BCUT2D eigenvalue weighted by Gasteiger charge is -2.12. The smallest absolute Gasteiger partial charge is 0.0635 e. The van der Waals surface area contributed by atoms with Gasteiger partial charge >= 0.3 is 0 Å². The Bertz CT molecular complexity index is 497. The maximum atomic E-state index is 6.19. The molecule has 0 radical (unpaired) electrons. The van der Waals surface area contributed by atoms with Crippen molar-refractivity contribution in [1.29, 1.82) is 0 Å². The van der Waals surface area contributed by atoms with Crippen LogP contribution in [0.4, 0.5) is 0 Å². The van der Waals surface area contributed by atoms with Crippen molar-refractivity contribution < 1.29 is 0 Å². The average Bonchev–Trinajstić information content (AvgIpc) is 2.34.